The van der Waals surface area contributed by atoms with E-state index >= 15 is 0 Å². The Morgan fingerprint density at radius 2 is 1.75 bits per heavy atom. The smallest absolute Gasteiger partial charge is 0.408 e. The summed E-state index contributed by atoms with van der Waals surface area (Å²) in [5.41, 5.74) is 1.01. The highest BCUT2D eigenvalue weighted by molar-refractivity contribution is 7.80. The minimum atomic E-state index is -1.15. The van der Waals surface area contributed by atoms with Crippen molar-refractivity contribution in [2.75, 3.05) is 24.7 Å². The molecule has 3 amide bonds. The molecule has 0 aromatic heterocycles. The molecule has 2 atom stereocenters. The van der Waals surface area contributed by atoms with Gasteiger partial charge < -0.3 is 25.0 Å². The summed E-state index contributed by atoms with van der Waals surface area (Å²) < 4.78 is 10.4. The Bertz CT molecular complexity index is 1110. The molecule has 2 aromatic carbocycles. The SMILES string of the molecule is COc1ccc(NC(=O)C(c2ccccc2C)N(CC#N)C(=O)C(CS)NC(=O)OC(C)(C)C)cc1. The summed E-state index contributed by atoms with van der Waals surface area (Å²) in [6, 6.07) is 13.5. The molecule has 9 nitrogen and oxygen atoms in total. The van der Waals surface area contributed by atoms with E-state index in [2.05, 4.69) is 23.3 Å². The number of ether oxygens (including phenoxy) is 2. The fraction of sp³-hybridized carbons (Fsp3) is 0.385. The van der Waals surface area contributed by atoms with Gasteiger partial charge in [-0.15, -0.1) is 0 Å². The van der Waals surface area contributed by atoms with Crippen LogP contribution in [-0.2, 0) is 14.3 Å². The number of amides is 3. The zero-order valence-electron chi connectivity index (χ0n) is 21.1. The van der Waals surface area contributed by atoms with E-state index in [0.717, 1.165) is 10.5 Å². The summed E-state index contributed by atoms with van der Waals surface area (Å²) in [5, 5.41) is 14.9. The van der Waals surface area contributed by atoms with Crippen molar-refractivity contribution in [3.63, 3.8) is 0 Å². The molecule has 0 aliphatic carbocycles. The second-order valence-electron chi connectivity index (χ2n) is 8.98. The van der Waals surface area contributed by atoms with Gasteiger partial charge in [-0.25, -0.2) is 4.79 Å². The van der Waals surface area contributed by atoms with Gasteiger partial charge in [0.25, 0.3) is 5.91 Å². The number of hydrogen-bond donors (Lipinski definition) is 3. The fourth-order valence-electron chi connectivity index (χ4n) is 3.44. The molecule has 2 N–H and O–H groups in total. The second kappa shape index (κ2) is 12.8. The van der Waals surface area contributed by atoms with E-state index in [1.54, 1.807) is 57.2 Å². The molecule has 0 saturated carbocycles. The Balaban J connectivity index is 2.44. The highest BCUT2D eigenvalue weighted by Crippen LogP contribution is 2.27. The molecule has 0 aliphatic heterocycles. The van der Waals surface area contributed by atoms with Crippen molar-refractivity contribution < 1.29 is 23.9 Å². The lowest BCUT2D eigenvalue weighted by atomic mass is 9.98. The number of carbonyl (C=O) groups is 3. The summed E-state index contributed by atoms with van der Waals surface area (Å²) in [7, 11) is 1.54. The van der Waals surface area contributed by atoms with Crippen molar-refractivity contribution in [1.82, 2.24) is 10.2 Å². The second-order valence-corrected chi connectivity index (χ2v) is 9.35. The van der Waals surface area contributed by atoms with Gasteiger partial charge in [0.2, 0.25) is 5.91 Å². The van der Waals surface area contributed by atoms with Crippen LogP contribution in [0.5, 0.6) is 5.75 Å². The lowest BCUT2D eigenvalue weighted by Gasteiger charge is -2.33. The van der Waals surface area contributed by atoms with Crippen LogP contribution >= 0.6 is 12.6 Å². The maximum atomic E-state index is 13.6. The number of methoxy groups -OCH3 is 1. The molecule has 2 aromatic rings. The third-order valence-electron chi connectivity index (χ3n) is 5.10. The normalized spacial score (nSPS) is 12.5. The summed E-state index contributed by atoms with van der Waals surface area (Å²) in [5.74, 6) is -0.612. The first-order valence-corrected chi connectivity index (χ1v) is 11.9. The molecule has 2 rings (SSSR count). The fourth-order valence-corrected chi connectivity index (χ4v) is 3.68. The maximum absolute atomic E-state index is 13.6. The van der Waals surface area contributed by atoms with Gasteiger partial charge in [0, 0.05) is 11.4 Å². The van der Waals surface area contributed by atoms with Gasteiger partial charge in [-0.2, -0.15) is 17.9 Å². The Kier molecular flexibility index (Phi) is 10.2. The van der Waals surface area contributed by atoms with E-state index < -0.39 is 42.1 Å². The minimum absolute atomic E-state index is 0.0689. The topological polar surface area (TPSA) is 121 Å². The predicted octanol–water partition coefficient (Wildman–Crippen LogP) is 3.86. The van der Waals surface area contributed by atoms with Crippen molar-refractivity contribution in [1.29, 1.82) is 5.26 Å². The van der Waals surface area contributed by atoms with Gasteiger partial charge in [0.15, 0.2) is 0 Å². The summed E-state index contributed by atoms with van der Waals surface area (Å²) >= 11 is 4.22. The first-order valence-electron chi connectivity index (χ1n) is 11.3. The molecule has 10 heteroatoms. The van der Waals surface area contributed by atoms with Crippen LogP contribution in [0.4, 0.5) is 10.5 Å². The first kappa shape index (κ1) is 28.5. The number of benzene rings is 2. The maximum Gasteiger partial charge on any atom is 0.408 e. The molecule has 0 radical (unpaired) electrons. The van der Waals surface area contributed by atoms with Crippen LogP contribution in [0.25, 0.3) is 0 Å². The lowest BCUT2D eigenvalue weighted by Crippen LogP contribution is -2.53. The summed E-state index contributed by atoms with van der Waals surface area (Å²) in [6.45, 7) is 6.51. The number of rotatable bonds is 9. The molecular formula is C26H32N4O5S. The number of nitrogens with zero attached hydrogens (tertiary/aromatic N) is 2. The third kappa shape index (κ3) is 7.92. The van der Waals surface area contributed by atoms with E-state index in [1.807, 2.05) is 25.1 Å². The van der Waals surface area contributed by atoms with Gasteiger partial charge in [0.05, 0.1) is 13.2 Å². The molecule has 0 fully saturated rings. The molecule has 0 saturated heterocycles. The number of nitrogens with one attached hydrogen (secondary N) is 2. The molecule has 0 spiro atoms. The molecule has 192 valence electrons. The monoisotopic (exact) mass is 512 g/mol. The van der Waals surface area contributed by atoms with Crippen LogP contribution in [0, 0.1) is 18.3 Å². The van der Waals surface area contributed by atoms with E-state index in [0.29, 0.717) is 17.0 Å². The van der Waals surface area contributed by atoms with Crippen molar-refractivity contribution in [3.05, 3.63) is 59.7 Å². The Morgan fingerprint density at radius 1 is 1.11 bits per heavy atom. The van der Waals surface area contributed by atoms with Gasteiger partial charge in [-0.3, -0.25) is 9.59 Å². The Morgan fingerprint density at radius 3 is 2.28 bits per heavy atom. The predicted molar refractivity (Wildman–Crippen MR) is 140 cm³/mol. The van der Waals surface area contributed by atoms with Crippen LogP contribution in [0.2, 0.25) is 0 Å². The van der Waals surface area contributed by atoms with Crippen molar-refractivity contribution in [2.24, 2.45) is 0 Å². The van der Waals surface area contributed by atoms with Crippen LogP contribution in [0.15, 0.2) is 48.5 Å². The van der Waals surface area contributed by atoms with Crippen LogP contribution in [-0.4, -0.2) is 53.9 Å². The van der Waals surface area contributed by atoms with Gasteiger partial charge in [-0.05, 0) is 63.1 Å². The third-order valence-corrected chi connectivity index (χ3v) is 5.46. The average Bonchev–Trinajstić information content (AvgIpc) is 2.82. The van der Waals surface area contributed by atoms with E-state index in [9.17, 15) is 19.6 Å². The average molecular weight is 513 g/mol. The zero-order chi connectivity index (χ0) is 26.9. The number of hydrogen-bond acceptors (Lipinski definition) is 7. The number of aryl methyl sites for hydroxylation is 1. The van der Waals surface area contributed by atoms with E-state index in [-0.39, 0.29) is 5.75 Å². The number of anilines is 1. The Hall–Kier alpha value is -3.71. The highest BCUT2D eigenvalue weighted by atomic mass is 32.1. The zero-order valence-corrected chi connectivity index (χ0v) is 22.0. The largest absolute Gasteiger partial charge is 0.497 e. The van der Waals surface area contributed by atoms with Crippen molar-refractivity contribution >= 4 is 36.2 Å². The van der Waals surface area contributed by atoms with Crippen LogP contribution in [0.3, 0.4) is 0 Å². The van der Waals surface area contributed by atoms with E-state index in [1.165, 1.54) is 7.11 Å². The highest BCUT2D eigenvalue weighted by Gasteiger charge is 2.36. The minimum Gasteiger partial charge on any atom is -0.497 e. The van der Waals surface area contributed by atoms with Gasteiger partial charge >= 0.3 is 6.09 Å². The lowest BCUT2D eigenvalue weighted by molar-refractivity contribution is -0.139. The van der Waals surface area contributed by atoms with Crippen LogP contribution in [0.1, 0.15) is 37.9 Å². The van der Waals surface area contributed by atoms with Crippen LogP contribution < -0.4 is 15.4 Å². The molecule has 0 bridgehead atoms. The standard InChI is InChI=1S/C26H32N4O5S/c1-17-8-6-7-9-20(17)22(23(31)28-18-10-12-19(34-5)13-11-18)30(15-14-27)24(32)21(16-36)29-25(33)35-26(2,3)4/h6-13,21-22,36H,15-16H2,1-5H3,(H,28,31)(H,29,33). The quantitative estimate of drug-likeness (QED) is 0.347. The molecular weight excluding hydrogens is 480 g/mol. The van der Waals surface area contributed by atoms with Crippen molar-refractivity contribution in [3.8, 4) is 11.8 Å². The first-order chi connectivity index (χ1) is 17.0. The Labute approximate surface area is 217 Å². The molecule has 36 heavy (non-hydrogen) atoms. The number of nitriles is 1. The molecule has 0 heterocycles. The van der Waals surface area contributed by atoms with Gasteiger partial charge in [0.1, 0.15) is 30.0 Å². The molecule has 2 unspecified atom stereocenters. The number of thiol groups is 1. The van der Waals surface area contributed by atoms with Gasteiger partial charge in [-0.1, -0.05) is 24.3 Å². The number of alkyl carbamates (subject to hydrolysis) is 1. The van der Waals surface area contributed by atoms with E-state index in [4.69, 9.17) is 9.47 Å². The summed E-state index contributed by atoms with van der Waals surface area (Å²) in [4.78, 5) is 40.7. The molecule has 0 aliphatic rings. The van der Waals surface area contributed by atoms with Crippen molar-refractivity contribution in [2.45, 2.75) is 45.4 Å². The summed E-state index contributed by atoms with van der Waals surface area (Å²) in [6.07, 6.45) is -0.804. The number of carbonyl (C=O) groups excluding carboxylic acids is 3.